The third kappa shape index (κ3) is 3.93. The summed E-state index contributed by atoms with van der Waals surface area (Å²) in [5, 5.41) is 0. The van der Waals surface area contributed by atoms with Crippen molar-refractivity contribution < 1.29 is 51.5 Å². The zero-order valence-electron chi connectivity index (χ0n) is 15.5. The number of rotatable bonds is 4. The Balaban J connectivity index is 0.00000210. The van der Waals surface area contributed by atoms with Crippen molar-refractivity contribution in [3.05, 3.63) is 17.0 Å². The molecule has 4 rings (SSSR count). The molecule has 4 heterocycles. The monoisotopic (exact) mass is 412 g/mol. The van der Waals surface area contributed by atoms with Gasteiger partial charge in [0.25, 0.3) is 0 Å². The fourth-order valence-electron chi connectivity index (χ4n) is 4.26. The molecule has 1 aromatic rings. The average molecular weight is 412 g/mol. The van der Waals surface area contributed by atoms with Crippen molar-refractivity contribution in [3.63, 3.8) is 0 Å². The van der Waals surface area contributed by atoms with Crippen LogP contribution in [0.1, 0.15) is 42.6 Å². The predicted molar refractivity (Wildman–Crippen MR) is 88.6 cm³/mol. The molecule has 0 radical (unpaired) electrons. The maximum atomic E-state index is 13.5. The summed E-state index contributed by atoms with van der Waals surface area (Å²) in [6.07, 6.45) is -2.96. The standard InChI is InChI=1S/C16H21F3N4O2S.Na/c1-8-3-4-22(8)15-20-13(9(2)14(21-15)16(17,18)19)10-5-11-12(7-26(24)25)23(11)6-10;/h8,10-12H,3-7H2,1-2H3,(H,24,25);/q;+1/p-1/t8-,10?,11-,12+,23-;/m0./s1. The van der Waals surface area contributed by atoms with E-state index in [0.29, 0.717) is 25.2 Å². The van der Waals surface area contributed by atoms with Crippen LogP contribution in [0.4, 0.5) is 19.1 Å². The van der Waals surface area contributed by atoms with E-state index in [0.717, 1.165) is 6.42 Å². The second kappa shape index (κ2) is 7.53. The summed E-state index contributed by atoms with van der Waals surface area (Å²) in [7, 11) is 0. The van der Waals surface area contributed by atoms with Gasteiger partial charge in [-0.2, -0.15) is 13.2 Å². The summed E-state index contributed by atoms with van der Waals surface area (Å²) in [5.74, 6) is 0.130. The van der Waals surface area contributed by atoms with Gasteiger partial charge in [0.2, 0.25) is 5.95 Å². The van der Waals surface area contributed by atoms with Crippen LogP contribution in [0.15, 0.2) is 0 Å². The first-order valence-electron chi connectivity index (χ1n) is 8.70. The minimum atomic E-state index is -4.52. The number of anilines is 1. The first-order valence-corrected chi connectivity index (χ1v) is 9.95. The quantitative estimate of drug-likeness (QED) is 0.353. The smallest absolute Gasteiger partial charge is 0.772 e. The van der Waals surface area contributed by atoms with Gasteiger partial charge in [0, 0.05) is 48.4 Å². The maximum Gasteiger partial charge on any atom is 1.00 e. The summed E-state index contributed by atoms with van der Waals surface area (Å²) in [6.45, 7) is 4.60. The number of piperidine rings is 1. The molecule has 3 aliphatic heterocycles. The molecule has 0 N–H and O–H groups in total. The van der Waals surface area contributed by atoms with Gasteiger partial charge < -0.3 is 9.45 Å². The molecule has 1 aromatic heterocycles. The van der Waals surface area contributed by atoms with E-state index < -0.39 is 23.0 Å². The molecule has 3 aliphatic rings. The van der Waals surface area contributed by atoms with Crippen LogP contribution in [0.3, 0.4) is 0 Å². The first kappa shape index (κ1) is 21.4. The zero-order chi connectivity index (χ0) is 18.8. The molecule has 0 aromatic carbocycles. The molecule has 144 valence electrons. The topological polar surface area (TPSA) is 72.2 Å². The fourth-order valence-corrected chi connectivity index (χ4v) is 4.95. The SMILES string of the molecule is Cc1c(C2C[C@H]3[C@@H](CS(=O)[O-])[N@@]3C2)nc(N2CC[C@@H]2C)nc1C(F)(F)F.[Na+]. The van der Waals surface area contributed by atoms with Crippen molar-refractivity contribution in [1.82, 2.24) is 14.9 Å². The Kier molecular flexibility index (Phi) is 5.98. The van der Waals surface area contributed by atoms with Crippen molar-refractivity contribution >= 4 is 17.0 Å². The van der Waals surface area contributed by atoms with Gasteiger partial charge >= 0.3 is 35.7 Å². The van der Waals surface area contributed by atoms with Gasteiger partial charge in [-0.3, -0.25) is 9.11 Å². The number of halogens is 3. The molecule has 27 heavy (non-hydrogen) atoms. The van der Waals surface area contributed by atoms with Gasteiger partial charge in [-0.25, -0.2) is 9.97 Å². The first-order chi connectivity index (χ1) is 12.2. The second-order valence-corrected chi connectivity index (χ2v) is 8.39. The third-order valence-electron chi connectivity index (χ3n) is 5.87. The largest absolute Gasteiger partial charge is 1.00 e. The van der Waals surface area contributed by atoms with E-state index in [2.05, 4.69) is 9.97 Å². The Labute approximate surface area is 180 Å². The summed E-state index contributed by atoms with van der Waals surface area (Å²) in [4.78, 5) is 12.2. The van der Waals surface area contributed by atoms with Gasteiger partial charge in [0.1, 0.15) is 0 Å². The Hall–Kier alpha value is -0.260. The Bertz CT molecular complexity index is 754. The van der Waals surface area contributed by atoms with Crippen molar-refractivity contribution in [2.24, 2.45) is 0 Å². The Morgan fingerprint density at radius 1 is 1.33 bits per heavy atom. The summed E-state index contributed by atoms with van der Waals surface area (Å²) >= 11 is -2.10. The van der Waals surface area contributed by atoms with E-state index in [4.69, 9.17) is 0 Å². The molecule has 0 saturated carbocycles. The molecule has 0 amide bonds. The Morgan fingerprint density at radius 2 is 2.04 bits per heavy atom. The molecule has 3 fully saturated rings. The van der Waals surface area contributed by atoms with Crippen molar-refractivity contribution in [2.75, 3.05) is 23.7 Å². The van der Waals surface area contributed by atoms with Crippen molar-refractivity contribution in [3.8, 4) is 0 Å². The average Bonchev–Trinajstić information content (AvgIpc) is 2.96. The summed E-state index contributed by atoms with van der Waals surface area (Å²) < 4.78 is 62.2. The van der Waals surface area contributed by atoms with E-state index in [1.54, 1.807) is 4.90 Å². The van der Waals surface area contributed by atoms with Crippen molar-refractivity contribution in [2.45, 2.75) is 56.9 Å². The minimum Gasteiger partial charge on any atom is -0.772 e. The maximum absolute atomic E-state index is 13.5. The van der Waals surface area contributed by atoms with Crippen LogP contribution in [0.5, 0.6) is 0 Å². The van der Waals surface area contributed by atoms with E-state index >= 15 is 0 Å². The van der Waals surface area contributed by atoms with Crippen LogP contribution in [0, 0.1) is 6.92 Å². The molecular formula is C16H20F3N4NaO2S. The van der Waals surface area contributed by atoms with Crippen LogP contribution in [0.25, 0.3) is 0 Å². The minimum absolute atomic E-state index is 0. The van der Waals surface area contributed by atoms with E-state index in [9.17, 15) is 21.9 Å². The van der Waals surface area contributed by atoms with Crippen LogP contribution < -0.4 is 34.5 Å². The molecule has 11 heteroatoms. The van der Waals surface area contributed by atoms with Gasteiger partial charge in [-0.1, -0.05) is 11.1 Å². The number of hydrogen-bond acceptors (Lipinski definition) is 6. The number of aromatic nitrogens is 2. The molecule has 2 unspecified atom stereocenters. The molecular weight excluding hydrogens is 392 g/mol. The number of hydrogen-bond donors (Lipinski definition) is 0. The van der Waals surface area contributed by atoms with E-state index in [1.165, 1.54) is 6.92 Å². The molecule has 0 spiro atoms. The van der Waals surface area contributed by atoms with E-state index in [-0.39, 0.29) is 70.9 Å². The number of alkyl halides is 3. The summed E-state index contributed by atoms with van der Waals surface area (Å²) in [5.41, 5.74) is -0.314. The van der Waals surface area contributed by atoms with Crippen LogP contribution in [-0.4, -0.2) is 60.6 Å². The van der Waals surface area contributed by atoms with Crippen LogP contribution in [-0.2, 0) is 17.3 Å². The fraction of sp³-hybridized carbons (Fsp3) is 0.750. The van der Waals surface area contributed by atoms with Crippen LogP contribution >= 0.6 is 0 Å². The molecule has 3 saturated heterocycles. The molecule has 0 bridgehead atoms. The van der Waals surface area contributed by atoms with Crippen LogP contribution in [0.2, 0.25) is 0 Å². The summed E-state index contributed by atoms with van der Waals surface area (Å²) in [6, 6.07) is 0.278. The van der Waals surface area contributed by atoms with Gasteiger partial charge in [-0.15, -0.1) is 0 Å². The van der Waals surface area contributed by atoms with Gasteiger partial charge in [-0.05, 0) is 26.7 Å². The van der Waals surface area contributed by atoms with Gasteiger partial charge in [0.05, 0.1) is 5.69 Å². The molecule has 6 nitrogen and oxygen atoms in total. The molecule has 6 atom stereocenters. The van der Waals surface area contributed by atoms with Crippen molar-refractivity contribution in [1.29, 1.82) is 0 Å². The second-order valence-electron chi connectivity index (χ2n) is 7.45. The Morgan fingerprint density at radius 3 is 2.48 bits per heavy atom. The van der Waals surface area contributed by atoms with Gasteiger partial charge in [0.15, 0.2) is 5.69 Å². The normalized spacial score (nSPS) is 33.1. The molecule has 0 aliphatic carbocycles. The third-order valence-corrected chi connectivity index (χ3v) is 6.49. The number of fused-ring (bicyclic) bond motifs is 1. The zero-order valence-corrected chi connectivity index (χ0v) is 18.3. The number of nitrogens with zero attached hydrogens (tertiary/aromatic N) is 4. The van der Waals surface area contributed by atoms with E-state index in [1.807, 2.05) is 11.8 Å². The predicted octanol–water partition coefficient (Wildman–Crippen LogP) is -1.17.